The first-order valence-corrected chi connectivity index (χ1v) is 9.55. The van der Waals surface area contributed by atoms with Crippen LogP contribution in [0.1, 0.15) is 42.0 Å². The third kappa shape index (κ3) is 3.43. The molecule has 5 heteroatoms. The molecule has 4 rings (SSSR count). The van der Waals surface area contributed by atoms with E-state index in [1.54, 1.807) is 48.9 Å². The van der Waals surface area contributed by atoms with Crippen LogP contribution in [-0.2, 0) is 6.54 Å². The second-order valence-corrected chi connectivity index (χ2v) is 7.87. The highest BCUT2D eigenvalue weighted by atomic mass is 16.5. The molecule has 0 aliphatic carbocycles. The molecular weight excluding hydrogens is 364 g/mol. The zero-order valence-corrected chi connectivity index (χ0v) is 16.4. The average molecular weight is 386 g/mol. The summed E-state index contributed by atoms with van der Waals surface area (Å²) in [4.78, 5) is 13.3. The fourth-order valence-corrected chi connectivity index (χ4v) is 3.90. The van der Waals surface area contributed by atoms with Crippen molar-refractivity contribution in [1.29, 1.82) is 5.26 Å². The lowest BCUT2D eigenvalue weighted by Crippen LogP contribution is -2.50. The fraction of sp³-hybridized carbons (Fsp3) is 0.250. The lowest BCUT2D eigenvalue weighted by Gasteiger charge is -2.42. The molecule has 0 saturated heterocycles. The van der Waals surface area contributed by atoms with Crippen molar-refractivity contribution in [2.24, 2.45) is 0 Å². The summed E-state index contributed by atoms with van der Waals surface area (Å²) in [5.41, 5.74) is 1.59. The molecule has 1 aromatic heterocycles. The third-order valence-corrected chi connectivity index (χ3v) is 5.46. The number of ether oxygens (including phenoxy) is 1. The van der Waals surface area contributed by atoms with Crippen molar-refractivity contribution >= 4 is 0 Å². The van der Waals surface area contributed by atoms with Crippen LogP contribution >= 0.6 is 0 Å². The van der Waals surface area contributed by atoms with Crippen LogP contribution in [0.15, 0.2) is 71.7 Å². The van der Waals surface area contributed by atoms with Gasteiger partial charge in [-0.25, -0.2) is 0 Å². The van der Waals surface area contributed by atoms with Crippen molar-refractivity contribution in [3.8, 4) is 11.8 Å². The molecule has 0 fully saturated rings. The van der Waals surface area contributed by atoms with Gasteiger partial charge < -0.3 is 14.4 Å². The highest BCUT2D eigenvalue weighted by Crippen LogP contribution is 2.43. The number of nitrogens with zero attached hydrogens (tertiary/aromatic N) is 2. The zero-order valence-electron chi connectivity index (χ0n) is 16.4. The van der Waals surface area contributed by atoms with E-state index in [0.29, 0.717) is 29.0 Å². The van der Waals surface area contributed by atoms with E-state index in [1.165, 1.54) is 0 Å². The number of rotatable bonds is 3. The van der Waals surface area contributed by atoms with Gasteiger partial charge in [-0.2, -0.15) is 5.26 Å². The number of fused-ring (bicyclic) bond motifs is 1. The smallest absolute Gasteiger partial charge is 0.254 e. The zero-order chi connectivity index (χ0) is 20.6. The van der Waals surface area contributed by atoms with Crippen LogP contribution in [0.2, 0.25) is 0 Å². The van der Waals surface area contributed by atoms with Gasteiger partial charge in [0.05, 0.1) is 18.2 Å². The Balaban J connectivity index is 1.85. The van der Waals surface area contributed by atoms with E-state index in [4.69, 9.17) is 4.74 Å². The number of hydrogen-bond acceptors (Lipinski definition) is 4. The second kappa shape index (κ2) is 7.23. The molecule has 1 aliphatic rings. The summed E-state index contributed by atoms with van der Waals surface area (Å²) in [5.74, 6) is -0.0000595. The standard InChI is InChI=1S/C24H22N2O3/c1-24(2)22(27)21(19-13-17(14-25)10-11-20(19)29-24)18-9-6-12-26(23(18)28)15-16-7-4-3-5-8-16/h3-13,21-22,27H,15H2,1-2H3. The normalized spacial score (nSPS) is 19.7. The van der Waals surface area contributed by atoms with Gasteiger partial charge in [0.25, 0.3) is 5.56 Å². The van der Waals surface area contributed by atoms with Gasteiger partial charge in [-0.05, 0) is 43.7 Å². The largest absolute Gasteiger partial charge is 0.485 e. The summed E-state index contributed by atoms with van der Waals surface area (Å²) < 4.78 is 7.63. The Hall–Kier alpha value is -3.36. The minimum absolute atomic E-state index is 0.161. The van der Waals surface area contributed by atoms with Crippen molar-refractivity contribution in [1.82, 2.24) is 4.57 Å². The van der Waals surface area contributed by atoms with Gasteiger partial charge >= 0.3 is 0 Å². The fourth-order valence-electron chi connectivity index (χ4n) is 3.90. The molecule has 0 radical (unpaired) electrons. The Bertz CT molecular complexity index is 1140. The summed E-state index contributed by atoms with van der Waals surface area (Å²) in [7, 11) is 0. The van der Waals surface area contributed by atoms with Gasteiger partial charge in [0.1, 0.15) is 17.5 Å². The molecule has 1 N–H and O–H groups in total. The molecule has 0 spiro atoms. The lowest BCUT2D eigenvalue weighted by molar-refractivity contribution is -0.0514. The van der Waals surface area contributed by atoms with E-state index in [-0.39, 0.29) is 5.56 Å². The van der Waals surface area contributed by atoms with E-state index in [0.717, 1.165) is 5.56 Å². The summed E-state index contributed by atoms with van der Waals surface area (Å²) in [6.45, 7) is 4.05. The summed E-state index contributed by atoms with van der Waals surface area (Å²) in [6.07, 6.45) is 0.812. The van der Waals surface area contributed by atoms with Crippen LogP contribution in [0.5, 0.6) is 5.75 Å². The highest BCUT2D eigenvalue weighted by Gasteiger charge is 2.44. The minimum atomic E-state index is -0.941. The maximum atomic E-state index is 13.3. The SMILES string of the molecule is CC1(C)Oc2ccc(C#N)cc2C(c2cccn(Cc3ccccc3)c2=O)C1O. The molecule has 5 nitrogen and oxygen atoms in total. The van der Waals surface area contributed by atoms with Crippen molar-refractivity contribution in [2.75, 3.05) is 0 Å². The van der Waals surface area contributed by atoms with E-state index >= 15 is 0 Å². The number of aliphatic hydroxyl groups is 1. The van der Waals surface area contributed by atoms with E-state index in [2.05, 4.69) is 6.07 Å². The molecule has 2 aromatic carbocycles. The molecule has 146 valence electrons. The number of aromatic nitrogens is 1. The van der Waals surface area contributed by atoms with Crippen molar-refractivity contribution in [3.05, 3.63) is 99.5 Å². The Labute approximate surface area is 169 Å². The van der Waals surface area contributed by atoms with Gasteiger partial charge in [-0.3, -0.25) is 4.79 Å². The summed E-state index contributed by atoms with van der Waals surface area (Å²) in [6, 6.07) is 20.6. The van der Waals surface area contributed by atoms with Crippen molar-refractivity contribution in [3.63, 3.8) is 0 Å². The van der Waals surface area contributed by atoms with E-state index < -0.39 is 17.6 Å². The van der Waals surface area contributed by atoms with E-state index in [9.17, 15) is 15.2 Å². The van der Waals surface area contributed by atoms with Crippen LogP contribution < -0.4 is 10.3 Å². The van der Waals surface area contributed by atoms with Gasteiger partial charge in [0, 0.05) is 23.2 Å². The Morgan fingerprint density at radius 1 is 1.10 bits per heavy atom. The Morgan fingerprint density at radius 2 is 1.86 bits per heavy atom. The molecule has 3 aromatic rings. The highest BCUT2D eigenvalue weighted by molar-refractivity contribution is 5.50. The predicted octanol–water partition coefficient (Wildman–Crippen LogP) is 3.43. The quantitative estimate of drug-likeness (QED) is 0.748. The maximum absolute atomic E-state index is 13.3. The molecule has 0 saturated carbocycles. The summed E-state index contributed by atoms with van der Waals surface area (Å²) in [5, 5.41) is 20.4. The molecule has 1 aliphatic heterocycles. The van der Waals surface area contributed by atoms with Crippen LogP contribution in [0, 0.1) is 11.3 Å². The first kappa shape index (κ1) is 19.0. The van der Waals surface area contributed by atoms with Crippen molar-refractivity contribution < 1.29 is 9.84 Å². The molecule has 2 unspecified atom stereocenters. The molecule has 0 bridgehead atoms. The number of aliphatic hydroxyl groups excluding tert-OH is 1. The molecule has 2 heterocycles. The number of hydrogen-bond donors (Lipinski definition) is 1. The minimum Gasteiger partial charge on any atom is -0.485 e. The molecular formula is C24H22N2O3. The number of benzene rings is 2. The monoisotopic (exact) mass is 386 g/mol. The Kier molecular flexibility index (Phi) is 4.73. The van der Waals surface area contributed by atoms with Crippen molar-refractivity contribution in [2.45, 2.75) is 38.0 Å². The summed E-state index contributed by atoms with van der Waals surface area (Å²) >= 11 is 0. The predicted molar refractivity (Wildman–Crippen MR) is 110 cm³/mol. The van der Waals surface area contributed by atoms with Gasteiger partial charge in [0.2, 0.25) is 0 Å². The van der Waals surface area contributed by atoms with Crippen LogP contribution in [0.4, 0.5) is 0 Å². The van der Waals surface area contributed by atoms with Crippen LogP contribution in [0.3, 0.4) is 0 Å². The first-order valence-electron chi connectivity index (χ1n) is 9.55. The average Bonchev–Trinajstić information content (AvgIpc) is 2.71. The van der Waals surface area contributed by atoms with Crippen LogP contribution in [0.25, 0.3) is 0 Å². The first-order chi connectivity index (χ1) is 13.9. The second-order valence-electron chi connectivity index (χ2n) is 7.87. The van der Waals surface area contributed by atoms with Gasteiger partial charge in [0.15, 0.2) is 0 Å². The lowest BCUT2D eigenvalue weighted by atomic mass is 9.77. The Morgan fingerprint density at radius 3 is 2.59 bits per heavy atom. The third-order valence-electron chi connectivity index (χ3n) is 5.46. The van der Waals surface area contributed by atoms with Crippen LogP contribution in [-0.4, -0.2) is 21.4 Å². The van der Waals surface area contributed by atoms with Gasteiger partial charge in [-0.15, -0.1) is 0 Å². The molecule has 2 atom stereocenters. The molecule has 29 heavy (non-hydrogen) atoms. The molecule has 0 amide bonds. The van der Waals surface area contributed by atoms with E-state index in [1.807, 2.05) is 36.4 Å². The number of pyridine rings is 1. The topological polar surface area (TPSA) is 75.2 Å². The maximum Gasteiger partial charge on any atom is 0.254 e. The van der Waals surface area contributed by atoms with Gasteiger partial charge in [-0.1, -0.05) is 36.4 Å². The number of nitriles is 1.